The molecule has 1 spiro atoms. The van der Waals surface area contributed by atoms with Crippen LogP contribution in [0.2, 0.25) is 0 Å². The van der Waals surface area contributed by atoms with E-state index < -0.39 is 0 Å². The van der Waals surface area contributed by atoms with Gasteiger partial charge in [-0.05, 0) is 47.6 Å². The van der Waals surface area contributed by atoms with Crippen LogP contribution in [0.15, 0.2) is 46.9 Å². The minimum absolute atomic E-state index is 0.367. The van der Waals surface area contributed by atoms with Crippen molar-refractivity contribution in [1.82, 2.24) is 10.2 Å². The Morgan fingerprint density at radius 1 is 0.957 bits per heavy atom. The molecule has 1 aliphatic carbocycles. The Hall–Kier alpha value is -2.20. The summed E-state index contributed by atoms with van der Waals surface area (Å²) in [7, 11) is 0. The summed E-state index contributed by atoms with van der Waals surface area (Å²) in [6, 6.07) is 14.6. The molecule has 0 amide bonds. The molecule has 2 heterocycles. The molecule has 23 heavy (non-hydrogen) atoms. The zero-order valence-electron chi connectivity index (χ0n) is 12.9. The topological polar surface area (TPSA) is 48.2 Å². The number of ether oxygens (including phenoxy) is 1. The van der Waals surface area contributed by atoms with Crippen LogP contribution in [0.25, 0.3) is 22.2 Å². The molecule has 1 aromatic heterocycles. The normalized spacial score (nSPS) is 22.5. The fraction of sp³-hybridized carbons (Fsp3) is 0.368. The molecule has 2 aromatic carbocycles. The number of fused-ring (bicyclic) bond motifs is 1. The molecule has 1 saturated heterocycles. The van der Waals surface area contributed by atoms with E-state index in [2.05, 4.69) is 40.5 Å². The zero-order chi connectivity index (χ0) is 15.3. The van der Waals surface area contributed by atoms with Crippen molar-refractivity contribution in [2.75, 3.05) is 13.2 Å². The Morgan fingerprint density at radius 3 is 2.65 bits per heavy atom. The largest absolute Gasteiger partial charge is 0.420 e. The first-order valence-electron chi connectivity index (χ1n) is 8.24. The molecular weight excluding hydrogens is 288 g/mol. The molecule has 0 radical (unpaired) electrons. The van der Waals surface area contributed by atoms with Gasteiger partial charge < -0.3 is 9.15 Å². The maximum Gasteiger partial charge on any atom is 0.247 e. The Morgan fingerprint density at radius 2 is 1.78 bits per heavy atom. The summed E-state index contributed by atoms with van der Waals surface area (Å²) in [4.78, 5) is 0. The smallest absolute Gasteiger partial charge is 0.247 e. The number of hydrogen-bond donors (Lipinski definition) is 0. The standard InChI is InChI=1S/C19H18N2O2/c1-2-4-14-11-15(6-5-13(14)3-1)17-20-21-18(23-17)16-12-19(16)7-9-22-10-8-19/h1-6,11,16H,7-10,12H2/t16-/m1/s1. The monoisotopic (exact) mass is 306 g/mol. The minimum atomic E-state index is 0.367. The molecule has 1 aliphatic heterocycles. The van der Waals surface area contributed by atoms with Crippen LogP contribution >= 0.6 is 0 Å². The summed E-state index contributed by atoms with van der Waals surface area (Å²) >= 11 is 0. The van der Waals surface area contributed by atoms with E-state index in [-0.39, 0.29) is 0 Å². The quantitative estimate of drug-likeness (QED) is 0.713. The van der Waals surface area contributed by atoms with Crippen LogP contribution in [0.1, 0.15) is 31.1 Å². The van der Waals surface area contributed by atoms with Gasteiger partial charge in [0.1, 0.15) is 0 Å². The van der Waals surface area contributed by atoms with Crippen molar-refractivity contribution < 1.29 is 9.15 Å². The fourth-order valence-corrected chi connectivity index (χ4v) is 3.84. The summed E-state index contributed by atoms with van der Waals surface area (Å²) in [5.74, 6) is 1.85. The van der Waals surface area contributed by atoms with Gasteiger partial charge in [0.2, 0.25) is 11.8 Å². The molecule has 2 aliphatic rings. The number of benzene rings is 2. The van der Waals surface area contributed by atoms with Crippen molar-refractivity contribution in [1.29, 1.82) is 0 Å². The first kappa shape index (κ1) is 13.3. The Kier molecular flexibility index (Phi) is 2.82. The van der Waals surface area contributed by atoms with Gasteiger partial charge in [0.25, 0.3) is 0 Å². The summed E-state index contributed by atoms with van der Waals surface area (Å²) in [6.07, 6.45) is 3.40. The summed E-state index contributed by atoms with van der Waals surface area (Å²) in [5, 5.41) is 11.0. The Bertz CT molecular complexity index is 864. The van der Waals surface area contributed by atoms with Gasteiger partial charge in [-0.2, -0.15) is 0 Å². The van der Waals surface area contributed by atoms with Crippen LogP contribution in [-0.4, -0.2) is 23.4 Å². The molecule has 5 rings (SSSR count). The van der Waals surface area contributed by atoms with Gasteiger partial charge in [-0.25, -0.2) is 0 Å². The molecule has 1 saturated carbocycles. The Labute approximate surface area is 134 Å². The van der Waals surface area contributed by atoms with Crippen molar-refractivity contribution in [2.45, 2.75) is 25.2 Å². The Balaban J connectivity index is 1.44. The van der Waals surface area contributed by atoms with E-state index in [1.165, 1.54) is 10.8 Å². The van der Waals surface area contributed by atoms with Crippen molar-refractivity contribution in [3.63, 3.8) is 0 Å². The molecule has 2 fully saturated rings. The van der Waals surface area contributed by atoms with Gasteiger partial charge in [-0.15, -0.1) is 10.2 Å². The predicted octanol–water partition coefficient (Wildman–Crippen LogP) is 4.17. The van der Waals surface area contributed by atoms with Crippen molar-refractivity contribution >= 4 is 10.8 Å². The molecule has 0 N–H and O–H groups in total. The second-order valence-electron chi connectivity index (χ2n) is 6.74. The maximum absolute atomic E-state index is 6.01. The highest BCUT2D eigenvalue weighted by molar-refractivity contribution is 5.86. The molecule has 116 valence electrons. The van der Waals surface area contributed by atoms with E-state index in [1.54, 1.807) is 0 Å². The van der Waals surface area contributed by atoms with Crippen LogP contribution < -0.4 is 0 Å². The van der Waals surface area contributed by atoms with E-state index in [4.69, 9.17) is 9.15 Å². The van der Waals surface area contributed by atoms with E-state index in [1.807, 2.05) is 12.1 Å². The highest BCUT2D eigenvalue weighted by Gasteiger charge is 2.57. The van der Waals surface area contributed by atoms with Crippen molar-refractivity contribution in [3.05, 3.63) is 48.4 Å². The van der Waals surface area contributed by atoms with Gasteiger partial charge >= 0.3 is 0 Å². The van der Waals surface area contributed by atoms with Crippen LogP contribution in [0.4, 0.5) is 0 Å². The average Bonchev–Trinajstić information content (AvgIpc) is 3.08. The number of hydrogen-bond acceptors (Lipinski definition) is 4. The van der Waals surface area contributed by atoms with Gasteiger partial charge in [0.15, 0.2) is 0 Å². The van der Waals surface area contributed by atoms with E-state index in [0.717, 1.165) is 43.9 Å². The van der Waals surface area contributed by atoms with Crippen LogP contribution in [0, 0.1) is 5.41 Å². The summed E-state index contributed by atoms with van der Waals surface area (Å²) in [5.41, 5.74) is 1.36. The molecule has 4 nitrogen and oxygen atoms in total. The fourth-order valence-electron chi connectivity index (χ4n) is 3.84. The minimum Gasteiger partial charge on any atom is -0.420 e. The molecule has 0 unspecified atom stereocenters. The SMILES string of the molecule is c1ccc2cc(-c3nnc([C@H]4CC45CCOCC5)o3)ccc2c1. The zero-order valence-corrected chi connectivity index (χ0v) is 12.9. The number of nitrogens with zero attached hydrogens (tertiary/aromatic N) is 2. The molecule has 1 atom stereocenters. The lowest BCUT2D eigenvalue weighted by molar-refractivity contribution is 0.0547. The summed E-state index contributed by atoms with van der Waals surface area (Å²) in [6.45, 7) is 1.73. The lowest BCUT2D eigenvalue weighted by Gasteiger charge is -2.21. The highest BCUT2D eigenvalue weighted by atomic mass is 16.5. The molecule has 0 bridgehead atoms. The second-order valence-corrected chi connectivity index (χ2v) is 6.74. The van der Waals surface area contributed by atoms with E-state index in [0.29, 0.717) is 17.2 Å². The first-order chi connectivity index (χ1) is 11.3. The second kappa shape index (κ2) is 4.90. The van der Waals surface area contributed by atoms with Gasteiger partial charge in [-0.3, -0.25) is 0 Å². The summed E-state index contributed by atoms with van der Waals surface area (Å²) < 4.78 is 11.5. The van der Waals surface area contributed by atoms with E-state index >= 15 is 0 Å². The van der Waals surface area contributed by atoms with Crippen LogP contribution in [0.5, 0.6) is 0 Å². The van der Waals surface area contributed by atoms with Crippen LogP contribution in [0.3, 0.4) is 0 Å². The highest BCUT2D eigenvalue weighted by Crippen LogP contribution is 2.64. The molecule has 3 aromatic rings. The van der Waals surface area contributed by atoms with Crippen LogP contribution in [-0.2, 0) is 4.74 Å². The van der Waals surface area contributed by atoms with Crippen molar-refractivity contribution in [2.24, 2.45) is 5.41 Å². The molecule has 4 heteroatoms. The third-order valence-electron chi connectivity index (χ3n) is 5.41. The van der Waals surface area contributed by atoms with Gasteiger partial charge in [0.05, 0.1) is 0 Å². The number of aromatic nitrogens is 2. The average molecular weight is 306 g/mol. The van der Waals surface area contributed by atoms with Crippen molar-refractivity contribution in [3.8, 4) is 11.5 Å². The first-order valence-corrected chi connectivity index (χ1v) is 8.24. The third-order valence-corrected chi connectivity index (χ3v) is 5.41. The maximum atomic E-state index is 6.01. The van der Waals surface area contributed by atoms with E-state index in [9.17, 15) is 0 Å². The van der Waals surface area contributed by atoms with Gasteiger partial charge in [-0.1, -0.05) is 30.3 Å². The predicted molar refractivity (Wildman–Crippen MR) is 87.1 cm³/mol. The lowest BCUT2D eigenvalue weighted by atomic mass is 9.94. The lowest BCUT2D eigenvalue weighted by Crippen LogP contribution is -2.18. The number of rotatable bonds is 2. The van der Waals surface area contributed by atoms with Gasteiger partial charge in [0, 0.05) is 24.7 Å². The third kappa shape index (κ3) is 2.17. The molecular formula is C19H18N2O2.